The number of rotatable bonds is 5. The summed E-state index contributed by atoms with van der Waals surface area (Å²) in [6, 6.07) is 5.17. The van der Waals surface area contributed by atoms with Gasteiger partial charge in [-0.2, -0.15) is 5.26 Å². The van der Waals surface area contributed by atoms with E-state index in [1.54, 1.807) is 19.2 Å². The number of nitrogens with zero attached hydrogens (tertiary/aromatic N) is 2. The minimum atomic E-state index is -0.230. The second-order valence-electron chi connectivity index (χ2n) is 4.26. The Labute approximate surface area is 101 Å². The van der Waals surface area contributed by atoms with Gasteiger partial charge < -0.3 is 15.2 Å². The Morgan fingerprint density at radius 2 is 2.18 bits per heavy atom. The minimum Gasteiger partial charge on any atom is -0.478 e. The van der Waals surface area contributed by atoms with Gasteiger partial charge in [-0.3, -0.25) is 0 Å². The number of anilines is 1. The number of nitrogens with two attached hydrogens (primary N) is 1. The lowest BCUT2D eigenvalue weighted by atomic mass is 10.1. The van der Waals surface area contributed by atoms with Crippen molar-refractivity contribution in [2.24, 2.45) is 0 Å². The van der Waals surface area contributed by atoms with Gasteiger partial charge in [-0.1, -0.05) is 0 Å². The lowest BCUT2D eigenvalue weighted by Crippen LogP contribution is -2.25. The standard InChI is InChI=1S/C12H17N3O2/c1-12(2,16-3)6-7-17-11-5-4-9(14)10(8-13)15-11/h4-5H,6-7,14H2,1-3H3. The van der Waals surface area contributed by atoms with Gasteiger partial charge in [0.15, 0.2) is 5.69 Å². The highest BCUT2D eigenvalue weighted by molar-refractivity contribution is 5.50. The maximum Gasteiger partial charge on any atom is 0.214 e. The highest BCUT2D eigenvalue weighted by Gasteiger charge is 2.16. The number of nitrogen functional groups attached to an aromatic ring is 1. The Morgan fingerprint density at radius 3 is 2.76 bits per heavy atom. The summed E-state index contributed by atoms with van der Waals surface area (Å²) in [7, 11) is 1.66. The van der Waals surface area contributed by atoms with Gasteiger partial charge in [0.05, 0.1) is 17.9 Å². The summed E-state index contributed by atoms with van der Waals surface area (Å²) in [5.41, 5.74) is 5.88. The van der Waals surface area contributed by atoms with Crippen molar-refractivity contribution < 1.29 is 9.47 Å². The van der Waals surface area contributed by atoms with Crippen LogP contribution < -0.4 is 10.5 Å². The number of methoxy groups -OCH3 is 1. The molecular formula is C12H17N3O2. The summed E-state index contributed by atoms with van der Waals surface area (Å²) in [6.45, 7) is 4.43. The first-order chi connectivity index (χ1) is 7.98. The molecule has 0 aliphatic heterocycles. The summed E-state index contributed by atoms with van der Waals surface area (Å²) in [5, 5.41) is 8.77. The predicted molar refractivity (Wildman–Crippen MR) is 64.6 cm³/mol. The van der Waals surface area contributed by atoms with Gasteiger partial charge in [0.1, 0.15) is 6.07 Å². The van der Waals surface area contributed by atoms with Gasteiger partial charge in [0, 0.05) is 19.6 Å². The molecule has 1 aromatic rings. The number of hydrogen-bond donors (Lipinski definition) is 1. The Morgan fingerprint density at radius 1 is 1.47 bits per heavy atom. The normalized spacial score (nSPS) is 10.9. The monoisotopic (exact) mass is 235 g/mol. The summed E-state index contributed by atoms with van der Waals surface area (Å²) < 4.78 is 10.7. The number of aromatic nitrogens is 1. The highest BCUT2D eigenvalue weighted by atomic mass is 16.5. The van der Waals surface area contributed by atoms with E-state index in [4.69, 9.17) is 20.5 Å². The molecule has 0 bridgehead atoms. The van der Waals surface area contributed by atoms with Crippen molar-refractivity contribution in [3.05, 3.63) is 17.8 Å². The van der Waals surface area contributed by atoms with Crippen molar-refractivity contribution in [1.82, 2.24) is 4.98 Å². The number of ether oxygens (including phenoxy) is 2. The first-order valence-corrected chi connectivity index (χ1v) is 5.33. The number of pyridine rings is 1. The molecule has 0 unspecified atom stereocenters. The molecule has 0 spiro atoms. The van der Waals surface area contributed by atoms with Gasteiger partial charge >= 0.3 is 0 Å². The van der Waals surface area contributed by atoms with E-state index in [1.165, 1.54) is 0 Å². The SMILES string of the molecule is COC(C)(C)CCOc1ccc(N)c(C#N)n1. The van der Waals surface area contributed by atoms with Crippen molar-refractivity contribution in [3.8, 4) is 11.9 Å². The lowest BCUT2D eigenvalue weighted by Gasteiger charge is -2.22. The molecule has 92 valence electrons. The molecule has 0 aliphatic rings. The van der Waals surface area contributed by atoms with Crippen LogP contribution in [0.5, 0.6) is 5.88 Å². The van der Waals surface area contributed by atoms with Crippen LogP contribution in [0.15, 0.2) is 12.1 Å². The van der Waals surface area contributed by atoms with Crippen molar-refractivity contribution in [3.63, 3.8) is 0 Å². The molecule has 5 heteroatoms. The van der Waals surface area contributed by atoms with E-state index >= 15 is 0 Å². The van der Waals surface area contributed by atoms with E-state index in [0.717, 1.165) is 6.42 Å². The van der Waals surface area contributed by atoms with Crippen LogP contribution in [0.4, 0.5) is 5.69 Å². The van der Waals surface area contributed by atoms with Gasteiger partial charge in [0.2, 0.25) is 5.88 Å². The van der Waals surface area contributed by atoms with E-state index in [0.29, 0.717) is 18.2 Å². The van der Waals surface area contributed by atoms with Crippen LogP contribution in [0.25, 0.3) is 0 Å². The summed E-state index contributed by atoms with van der Waals surface area (Å²) in [5.74, 6) is 0.405. The fraction of sp³-hybridized carbons (Fsp3) is 0.500. The molecule has 0 atom stereocenters. The molecule has 0 saturated carbocycles. The first kappa shape index (κ1) is 13.3. The zero-order chi connectivity index (χ0) is 12.9. The molecule has 1 rings (SSSR count). The quantitative estimate of drug-likeness (QED) is 0.840. The Bertz CT molecular complexity index is 424. The summed E-state index contributed by atoms with van der Waals surface area (Å²) in [6.07, 6.45) is 0.734. The van der Waals surface area contributed by atoms with Crippen LogP contribution in [0.3, 0.4) is 0 Å². The second kappa shape index (κ2) is 5.51. The molecule has 1 aromatic heterocycles. The molecule has 0 amide bonds. The first-order valence-electron chi connectivity index (χ1n) is 5.33. The fourth-order valence-corrected chi connectivity index (χ4v) is 1.13. The van der Waals surface area contributed by atoms with Crippen LogP contribution >= 0.6 is 0 Å². The van der Waals surface area contributed by atoms with Gasteiger partial charge in [-0.25, -0.2) is 4.98 Å². The molecule has 0 aliphatic carbocycles. The maximum absolute atomic E-state index is 8.77. The lowest BCUT2D eigenvalue weighted by molar-refractivity contribution is 0.00508. The van der Waals surface area contributed by atoms with E-state index in [2.05, 4.69) is 4.98 Å². The number of hydrogen-bond acceptors (Lipinski definition) is 5. The van der Waals surface area contributed by atoms with Crippen molar-refractivity contribution in [2.75, 3.05) is 19.5 Å². The van der Waals surface area contributed by atoms with Crippen LogP contribution in [0.2, 0.25) is 0 Å². The van der Waals surface area contributed by atoms with E-state index in [1.807, 2.05) is 19.9 Å². The van der Waals surface area contributed by atoms with Crippen molar-refractivity contribution in [1.29, 1.82) is 5.26 Å². The second-order valence-corrected chi connectivity index (χ2v) is 4.26. The minimum absolute atomic E-state index is 0.188. The Kier molecular flexibility index (Phi) is 4.30. The van der Waals surface area contributed by atoms with Crippen molar-refractivity contribution in [2.45, 2.75) is 25.9 Å². The van der Waals surface area contributed by atoms with E-state index in [9.17, 15) is 0 Å². The molecule has 0 aromatic carbocycles. The van der Waals surface area contributed by atoms with Gasteiger partial charge in [-0.05, 0) is 19.9 Å². The Balaban J connectivity index is 2.56. The van der Waals surface area contributed by atoms with Gasteiger partial charge in [0.25, 0.3) is 0 Å². The van der Waals surface area contributed by atoms with E-state index in [-0.39, 0.29) is 11.3 Å². The summed E-state index contributed by atoms with van der Waals surface area (Å²) >= 11 is 0. The zero-order valence-electron chi connectivity index (χ0n) is 10.4. The van der Waals surface area contributed by atoms with Crippen molar-refractivity contribution >= 4 is 5.69 Å². The predicted octanol–water partition coefficient (Wildman–Crippen LogP) is 1.73. The average Bonchev–Trinajstić information content (AvgIpc) is 2.31. The highest BCUT2D eigenvalue weighted by Crippen LogP contribution is 2.16. The van der Waals surface area contributed by atoms with Crippen LogP contribution in [-0.4, -0.2) is 24.3 Å². The maximum atomic E-state index is 8.77. The van der Waals surface area contributed by atoms with E-state index < -0.39 is 0 Å². The van der Waals surface area contributed by atoms with Crippen LogP contribution in [0.1, 0.15) is 26.0 Å². The molecule has 2 N–H and O–H groups in total. The van der Waals surface area contributed by atoms with Crippen LogP contribution in [-0.2, 0) is 4.74 Å². The Hall–Kier alpha value is -1.80. The third kappa shape index (κ3) is 3.93. The smallest absolute Gasteiger partial charge is 0.214 e. The average molecular weight is 235 g/mol. The third-order valence-electron chi connectivity index (χ3n) is 2.51. The molecule has 0 radical (unpaired) electrons. The molecule has 0 saturated heterocycles. The molecule has 0 fully saturated rings. The molecule has 1 heterocycles. The molecule has 5 nitrogen and oxygen atoms in total. The molecular weight excluding hydrogens is 218 g/mol. The largest absolute Gasteiger partial charge is 0.478 e. The topological polar surface area (TPSA) is 81.2 Å². The third-order valence-corrected chi connectivity index (χ3v) is 2.51. The summed E-state index contributed by atoms with van der Waals surface area (Å²) in [4.78, 5) is 3.99. The molecule has 17 heavy (non-hydrogen) atoms. The van der Waals surface area contributed by atoms with Gasteiger partial charge in [-0.15, -0.1) is 0 Å². The fourth-order valence-electron chi connectivity index (χ4n) is 1.13. The van der Waals surface area contributed by atoms with Crippen LogP contribution in [0, 0.1) is 11.3 Å². The zero-order valence-corrected chi connectivity index (χ0v) is 10.4. The number of nitriles is 1.